The molecule has 0 atom stereocenters. The highest BCUT2D eigenvalue weighted by molar-refractivity contribution is 5.81. The first kappa shape index (κ1) is 18.1. The van der Waals surface area contributed by atoms with Crippen LogP contribution in [0.4, 0.5) is 0 Å². The number of carbonyl (C=O) groups excluding carboxylic acids is 2. The Labute approximate surface area is 143 Å². The van der Waals surface area contributed by atoms with E-state index in [0.29, 0.717) is 38.3 Å². The first-order valence-electron chi connectivity index (χ1n) is 8.27. The zero-order valence-corrected chi connectivity index (χ0v) is 14.9. The van der Waals surface area contributed by atoms with Gasteiger partial charge in [0.05, 0.1) is 20.6 Å². The fourth-order valence-electron chi connectivity index (χ4n) is 2.96. The van der Waals surface area contributed by atoms with Crippen LogP contribution in [0.1, 0.15) is 24.5 Å². The number of carbonyl (C=O) groups is 2. The van der Waals surface area contributed by atoms with Gasteiger partial charge < -0.3 is 19.3 Å². The van der Waals surface area contributed by atoms with Gasteiger partial charge in [-0.3, -0.25) is 9.59 Å². The zero-order chi connectivity index (χ0) is 17.7. The first-order valence-corrected chi connectivity index (χ1v) is 8.27. The zero-order valence-electron chi connectivity index (χ0n) is 14.9. The van der Waals surface area contributed by atoms with E-state index in [0.717, 1.165) is 16.9 Å². The number of piperazine rings is 1. The van der Waals surface area contributed by atoms with Crippen molar-refractivity contribution in [1.82, 2.24) is 9.80 Å². The van der Waals surface area contributed by atoms with E-state index in [4.69, 9.17) is 9.47 Å². The molecule has 6 heteroatoms. The third-order valence-corrected chi connectivity index (χ3v) is 4.43. The van der Waals surface area contributed by atoms with Crippen LogP contribution in [0.25, 0.3) is 0 Å². The molecule has 2 amide bonds. The van der Waals surface area contributed by atoms with Crippen LogP contribution in [0.15, 0.2) is 12.1 Å². The molecule has 2 rings (SSSR count). The topological polar surface area (TPSA) is 59.1 Å². The number of benzene rings is 1. The Kier molecular flexibility index (Phi) is 6.06. The lowest BCUT2D eigenvalue weighted by atomic mass is 10.1. The second-order valence-corrected chi connectivity index (χ2v) is 5.93. The Hall–Kier alpha value is -2.24. The van der Waals surface area contributed by atoms with Crippen molar-refractivity contribution in [3.05, 3.63) is 23.3 Å². The summed E-state index contributed by atoms with van der Waals surface area (Å²) < 4.78 is 10.7. The molecule has 0 aliphatic carbocycles. The van der Waals surface area contributed by atoms with Crippen molar-refractivity contribution in [3.63, 3.8) is 0 Å². The third-order valence-electron chi connectivity index (χ3n) is 4.43. The van der Waals surface area contributed by atoms with E-state index in [-0.39, 0.29) is 18.2 Å². The Morgan fingerprint density at radius 2 is 1.50 bits per heavy atom. The molecule has 1 fully saturated rings. The Bertz CT molecular complexity index is 607. The Balaban J connectivity index is 2.04. The molecule has 6 nitrogen and oxygen atoms in total. The lowest BCUT2D eigenvalue weighted by molar-refractivity contribution is -0.139. The predicted molar refractivity (Wildman–Crippen MR) is 91.4 cm³/mol. The van der Waals surface area contributed by atoms with Gasteiger partial charge in [-0.1, -0.05) is 6.92 Å². The van der Waals surface area contributed by atoms with E-state index in [1.54, 1.807) is 14.2 Å². The Morgan fingerprint density at radius 1 is 0.958 bits per heavy atom. The van der Waals surface area contributed by atoms with E-state index in [2.05, 4.69) is 0 Å². The van der Waals surface area contributed by atoms with Crippen LogP contribution in [0.3, 0.4) is 0 Å². The summed E-state index contributed by atoms with van der Waals surface area (Å²) in [6.45, 7) is 6.17. The summed E-state index contributed by atoms with van der Waals surface area (Å²) in [4.78, 5) is 27.9. The van der Waals surface area contributed by atoms with Gasteiger partial charge in [-0.25, -0.2) is 0 Å². The van der Waals surface area contributed by atoms with Crippen molar-refractivity contribution in [2.45, 2.75) is 26.7 Å². The molecule has 1 aliphatic rings. The van der Waals surface area contributed by atoms with Crippen molar-refractivity contribution in [2.75, 3.05) is 40.4 Å². The van der Waals surface area contributed by atoms with Crippen LogP contribution in [0.2, 0.25) is 0 Å². The summed E-state index contributed by atoms with van der Waals surface area (Å²) in [5.74, 6) is 1.63. The van der Waals surface area contributed by atoms with E-state index < -0.39 is 0 Å². The van der Waals surface area contributed by atoms with E-state index >= 15 is 0 Å². The first-order chi connectivity index (χ1) is 11.5. The molecule has 24 heavy (non-hydrogen) atoms. The lowest BCUT2D eigenvalue weighted by Crippen LogP contribution is -2.50. The Morgan fingerprint density at radius 3 is 2.00 bits per heavy atom. The number of amides is 2. The van der Waals surface area contributed by atoms with Crippen molar-refractivity contribution in [1.29, 1.82) is 0 Å². The number of aryl methyl sites for hydroxylation is 1. The van der Waals surface area contributed by atoms with Gasteiger partial charge in [0, 0.05) is 38.2 Å². The summed E-state index contributed by atoms with van der Waals surface area (Å²) in [6, 6.07) is 3.75. The summed E-state index contributed by atoms with van der Waals surface area (Å²) in [5.41, 5.74) is 1.79. The third kappa shape index (κ3) is 3.99. The van der Waals surface area contributed by atoms with E-state index in [9.17, 15) is 9.59 Å². The van der Waals surface area contributed by atoms with Crippen LogP contribution >= 0.6 is 0 Å². The van der Waals surface area contributed by atoms with Gasteiger partial charge in [0.15, 0.2) is 0 Å². The molecule has 1 heterocycles. The second-order valence-electron chi connectivity index (χ2n) is 5.93. The number of nitrogens with zero attached hydrogens (tertiary/aromatic N) is 2. The van der Waals surface area contributed by atoms with Gasteiger partial charge in [-0.2, -0.15) is 0 Å². The van der Waals surface area contributed by atoms with Crippen LogP contribution in [0.5, 0.6) is 11.5 Å². The molecule has 1 saturated heterocycles. The molecule has 132 valence electrons. The minimum Gasteiger partial charge on any atom is -0.496 e. The fraction of sp³-hybridized carbons (Fsp3) is 0.556. The maximum Gasteiger partial charge on any atom is 0.227 e. The molecule has 0 radical (unpaired) electrons. The fourth-order valence-corrected chi connectivity index (χ4v) is 2.96. The van der Waals surface area contributed by atoms with Crippen molar-refractivity contribution < 1.29 is 19.1 Å². The predicted octanol–water partition coefficient (Wildman–Crippen LogP) is 1.64. The van der Waals surface area contributed by atoms with E-state index in [1.165, 1.54) is 0 Å². The van der Waals surface area contributed by atoms with Crippen LogP contribution < -0.4 is 9.47 Å². The minimum absolute atomic E-state index is 0.0443. The summed E-state index contributed by atoms with van der Waals surface area (Å²) >= 11 is 0. The van der Waals surface area contributed by atoms with Gasteiger partial charge >= 0.3 is 0 Å². The smallest absolute Gasteiger partial charge is 0.227 e. The maximum absolute atomic E-state index is 12.6. The summed E-state index contributed by atoms with van der Waals surface area (Å²) in [7, 11) is 3.22. The van der Waals surface area contributed by atoms with Crippen molar-refractivity contribution in [3.8, 4) is 11.5 Å². The standard InChI is InChI=1S/C18H26N2O4/c1-5-17(21)19-6-8-20(9-7-19)18(22)12-14-11-15(23-3)13(2)10-16(14)24-4/h10-11H,5-9,12H2,1-4H3. The second kappa shape index (κ2) is 8.04. The molecule has 0 spiro atoms. The molecule has 0 N–H and O–H groups in total. The highest BCUT2D eigenvalue weighted by Gasteiger charge is 2.24. The lowest BCUT2D eigenvalue weighted by Gasteiger charge is -2.34. The number of hydrogen-bond acceptors (Lipinski definition) is 4. The van der Waals surface area contributed by atoms with Gasteiger partial charge in [-0.05, 0) is 24.6 Å². The molecule has 1 aromatic rings. The van der Waals surface area contributed by atoms with Gasteiger partial charge in [-0.15, -0.1) is 0 Å². The maximum atomic E-state index is 12.6. The number of rotatable bonds is 5. The number of ether oxygens (including phenoxy) is 2. The summed E-state index contributed by atoms with van der Waals surface area (Å²) in [6.07, 6.45) is 0.774. The average Bonchev–Trinajstić information content (AvgIpc) is 2.62. The normalized spacial score (nSPS) is 14.5. The minimum atomic E-state index is 0.0443. The highest BCUT2D eigenvalue weighted by Crippen LogP contribution is 2.29. The average molecular weight is 334 g/mol. The summed E-state index contributed by atoms with van der Waals surface area (Å²) in [5, 5.41) is 0. The number of hydrogen-bond donors (Lipinski definition) is 0. The largest absolute Gasteiger partial charge is 0.496 e. The molecule has 1 aliphatic heterocycles. The number of methoxy groups -OCH3 is 2. The monoisotopic (exact) mass is 334 g/mol. The quantitative estimate of drug-likeness (QED) is 0.821. The van der Waals surface area contributed by atoms with Crippen LogP contribution in [0, 0.1) is 6.92 Å². The molecule has 0 saturated carbocycles. The van der Waals surface area contributed by atoms with Gasteiger partial charge in [0.2, 0.25) is 11.8 Å². The molecule has 0 unspecified atom stereocenters. The van der Waals surface area contributed by atoms with Crippen molar-refractivity contribution in [2.24, 2.45) is 0 Å². The van der Waals surface area contributed by atoms with Gasteiger partial charge in [0.25, 0.3) is 0 Å². The molecule has 0 bridgehead atoms. The molecule has 0 aromatic heterocycles. The molecular formula is C18H26N2O4. The van der Waals surface area contributed by atoms with E-state index in [1.807, 2.05) is 35.8 Å². The SMILES string of the molecule is CCC(=O)N1CCN(C(=O)Cc2cc(OC)c(C)cc2OC)CC1. The highest BCUT2D eigenvalue weighted by atomic mass is 16.5. The van der Waals surface area contributed by atoms with Crippen LogP contribution in [-0.4, -0.2) is 62.0 Å². The van der Waals surface area contributed by atoms with Crippen molar-refractivity contribution >= 4 is 11.8 Å². The molecular weight excluding hydrogens is 308 g/mol. The molecule has 1 aromatic carbocycles. The van der Waals surface area contributed by atoms with Gasteiger partial charge in [0.1, 0.15) is 11.5 Å². The van der Waals surface area contributed by atoms with Crippen LogP contribution in [-0.2, 0) is 16.0 Å².